The lowest BCUT2D eigenvalue weighted by atomic mass is 10.2. The van der Waals surface area contributed by atoms with Crippen molar-refractivity contribution in [3.8, 4) is 0 Å². The van der Waals surface area contributed by atoms with Crippen LogP contribution in [0.25, 0.3) is 0 Å². The van der Waals surface area contributed by atoms with Crippen LogP contribution in [0, 0.1) is 0 Å². The third-order valence-electron chi connectivity index (χ3n) is 2.73. The van der Waals surface area contributed by atoms with Gasteiger partial charge in [0.1, 0.15) is 22.2 Å². The molecule has 3 N–H and O–H groups in total. The van der Waals surface area contributed by atoms with Crippen LogP contribution in [0.4, 0.5) is 0 Å². The molecule has 1 heterocycles. The number of furan rings is 1. The number of carbonyl (C=O) groups is 1. The quantitative estimate of drug-likeness (QED) is 0.590. The number of nitrogens with two attached hydrogens (primary N) is 1. The molecule has 1 unspecified atom stereocenters. The van der Waals surface area contributed by atoms with Crippen LogP contribution >= 0.6 is 0 Å². The van der Waals surface area contributed by atoms with Crippen molar-refractivity contribution < 1.29 is 22.4 Å². The Morgan fingerprint density at radius 1 is 1.52 bits per heavy atom. The zero-order valence-electron chi connectivity index (χ0n) is 12.1. The highest BCUT2D eigenvalue weighted by Crippen LogP contribution is 2.01. The van der Waals surface area contributed by atoms with E-state index in [9.17, 15) is 13.2 Å². The number of hydrogen-bond acceptors (Lipinski definition) is 6. The number of carbonyl (C=O) groups excluding carboxylic acids is 1. The van der Waals surface area contributed by atoms with E-state index >= 15 is 0 Å². The van der Waals surface area contributed by atoms with Crippen molar-refractivity contribution >= 4 is 15.7 Å². The van der Waals surface area contributed by atoms with Crippen molar-refractivity contribution in [3.05, 3.63) is 24.2 Å². The van der Waals surface area contributed by atoms with Gasteiger partial charge >= 0.3 is 0 Å². The fourth-order valence-corrected chi connectivity index (χ4v) is 2.24. The Hall–Kier alpha value is -1.38. The van der Waals surface area contributed by atoms with Crippen molar-refractivity contribution in [2.45, 2.75) is 25.5 Å². The number of rotatable bonds is 10. The molecule has 0 bridgehead atoms. The van der Waals surface area contributed by atoms with E-state index in [0.29, 0.717) is 26.2 Å². The third-order valence-corrected chi connectivity index (χ3v) is 3.70. The maximum atomic E-state index is 11.6. The highest BCUT2D eigenvalue weighted by molar-refractivity contribution is 7.90. The van der Waals surface area contributed by atoms with Crippen LogP contribution < -0.4 is 11.1 Å². The third kappa shape index (κ3) is 8.49. The van der Waals surface area contributed by atoms with Gasteiger partial charge in [0.2, 0.25) is 5.91 Å². The molecule has 1 aromatic heterocycles. The first-order valence-corrected chi connectivity index (χ1v) is 8.75. The van der Waals surface area contributed by atoms with E-state index in [1.807, 2.05) is 6.07 Å². The van der Waals surface area contributed by atoms with Crippen LogP contribution in [-0.2, 0) is 26.0 Å². The lowest BCUT2D eigenvalue weighted by molar-refractivity contribution is -0.122. The molecule has 0 radical (unpaired) electrons. The predicted molar refractivity (Wildman–Crippen MR) is 78.3 cm³/mol. The van der Waals surface area contributed by atoms with Crippen LogP contribution in [0.2, 0.25) is 0 Å². The monoisotopic (exact) mass is 318 g/mol. The molecule has 0 aromatic carbocycles. The minimum absolute atomic E-state index is 0.0894. The van der Waals surface area contributed by atoms with Gasteiger partial charge in [0.15, 0.2) is 0 Å². The zero-order valence-corrected chi connectivity index (χ0v) is 12.9. The number of sulfone groups is 1. The molecule has 0 aliphatic heterocycles. The molecule has 120 valence electrons. The van der Waals surface area contributed by atoms with Gasteiger partial charge in [0.05, 0.1) is 18.1 Å². The Morgan fingerprint density at radius 2 is 2.29 bits per heavy atom. The van der Waals surface area contributed by atoms with Gasteiger partial charge in [0, 0.05) is 19.4 Å². The largest absolute Gasteiger partial charge is 0.467 e. The first-order valence-electron chi connectivity index (χ1n) is 6.69. The molecule has 21 heavy (non-hydrogen) atoms. The van der Waals surface area contributed by atoms with Gasteiger partial charge in [-0.15, -0.1) is 0 Å². The van der Waals surface area contributed by atoms with Crippen LogP contribution in [0.15, 0.2) is 22.8 Å². The van der Waals surface area contributed by atoms with E-state index < -0.39 is 15.9 Å². The van der Waals surface area contributed by atoms with Crippen molar-refractivity contribution in [3.63, 3.8) is 0 Å². The van der Waals surface area contributed by atoms with E-state index in [0.717, 1.165) is 12.0 Å². The number of hydrogen-bond donors (Lipinski definition) is 2. The van der Waals surface area contributed by atoms with Crippen LogP contribution in [-0.4, -0.2) is 45.5 Å². The number of nitrogens with one attached hydrogen (secondary N) is 1. The summed E-state index contributed by atoms with van der Waals surface area (Å²) in [5, 5.41) is 2.65. The molecule has 0 fully saturated rings. The summed E-state index contributed by atoms with van der Waals surface area (Å²) in [4.78, 5) is 11.6. The Labute approximate surface area is 124 Å². The highest BCUT2D eigenvalue weighted by atomic mass is 32.2. The van der Waals surface area contributed by atoms with Crippen molar-refractivity contribution in [1.29, 1.82) is 0 Å². The molecule has 8 heteroatoms. The second-order valence-electron chi connectivity index (χ2n) is 4.80. The van der Waals surface area contributed by atoms with Crippen LogP contribution in [0.5, 0.6) is 0 Å². The number of amides is 1. The van der Waals surface area contributed by atoms with Gasteiger partial charge in [-0.1, -0.05) is 0 Å². The standard InChI is InChI=1S/C13H22N2O5S/c1-21(17,18)9-5-12(14)13(16)15-6-3-7-19-10-11-4-2-8-20-11/h2,4,8,12H,3,5-7,9-10,14H2,1H3,(H,15,16). The lowest BCUT2D eigenvalue weighted by Crippen LogP contribution is -2.42. The maximum Gasteiger partial charge on any atom is 0.236 e. The summed E-state index contributed by atoms with van der Waals surface area (Å²) in [5.41, 5.74) is 5.61. The summed E-state index contributed by atoms with van der Waals surface area (Å²) in [5.74, 6) is 0.319. The lowest BCUT2D eigenvalue weighted by Gasteiger charge is -2.11. The molecule has 1 rings (SSSR count). The van der Waals surface area contributed by atoms with Crippen molar-refractivity contribution in [1.82, 2.24) is 5.32 Å². The fourth-order valence-electron chi connectivity index (χ4n) is 1.56. The van der Waals surface area contributed by atoms with Gasteiger partial charge in [-0.25, -0.2) is 8.42 Å². The molecule has 1 aromatic rings. The van der Waals surface area contributed by atoms with Crippen LogP contribution in [0.3, 0.4) is 0 Å². The summed E-state index contributed by atoms with van der Waals surface area (Å²) in [6.07, 6.45) is 3.47. The molecule has 7 nitrogen and oxygen atoms in total. The second kappa shape index (κ2) is 8.81. The molecule has 0 saturated carbocycles. The highest BCUT2D eigenvalue weighted by Gasteiger charge is 2.15. The van der Waals surface area contributed by atoms with E-state index in [-0.39, 0.29) is 18.1 Å². The number of ether oxygens (including phenoxy) is 1. The summed E-state index contributed by atoms with van der Waals surface area (Å²) < 4.78 is 32.4. The van der Waals surface area contributed by atoms with Crippen molar-refractivity contribution in [2.24, 2.45) is 5.73 Å². The first kappa shape index (κ1) is 17.7. The molecule has 0 aliphatic carbocycles. The molecule has 1 amide bonds. The second-order valence-corrected chi connectivity index (χ2v) is 7.06. The maximum absolute atomic E-state index is 11.6. The minimum atomic E-state index is -3.10. The summed E-state index contributed by atoms with van der Waals surface area (Å²) in [7, 11) is -3.10. The smallest absolute Gasteiger partial charge is 0.236 e. The first-order chi connectivity index (χ1) is 9.88. The van der Waals surface area contributed by atoms with E-state index in [1.165, 1.54) is 0 Å². The normalized spacial score (nSPS) is 13.0. The van der Waals surface area contributed by atoms with Gasteiger partial charge < -0.3 is 20.2 Å². The Kier molecular flexibility index (Phi) is 7.41. The minimum Gasteiger partial charge on any atom is -0.467 e. The molecular formula is C13H22N2O5S. The van der Waals surface area contributed by atoms with Crippen LogP contribution in [0.1, 0.15) is 18.6 Å². The molecule has 0 spiro atoms. The molecule has 0 saturated heterocycles. The topological polar surface area (TPSA) is 112 Å². The SMILES string of the molecule is CS(=O)(=O)CCC(N)C(=O)NCCCOCc1ccco1. The van der Waals surface area contributed by atoms with Gasteiger partial charge in [-0.05, 0) is 25.0 Å². The van der Waals surface area contributed by atoms with Crippen molar-refractivity contribution in [2.75, 3.05) is 25.2 Å². The average molecular weight is 318 g/mol. The van der Waals surface area contributed by atoms with E-state index in [4.69, 9.17) is 14.9 Å². The Bertz CT molecular complexity index is 513. The molecule has 1 atom stereocenters. The molecular weight excluding hydrogens is 296 g/mol. The fraction of sp³-hybridized carbons (Fsp3) is 0.615. The Balaban J connectivity index is 2.04. The van der Waals surface area contributed by atoms with Gasteiger partial charge in [0.25, 0.3) is 0 Å². The predicted octanol–water partition coefficient (Wildman–Crippen LogP) is 0.0645. The van der Waals surface area contributed by atoms with Gasteiger partial charge in [-0.2, -0.15) is 0 Å². The summed E-state index contributed by atoms with van der Waals surface area (Å²) in [6, 6.07) is 2.81. The molecule has 0 aliphatic rings. The van der Waals surface area contributed by atoms with E-state index in [2.05, 4.69) is 5.32 Å². The Morgan fingerprint density at radius 3 is 2.90 bits per heavy atom. The zero-order chi connectivity index (χ0) is 15.7. The van der Waals surface area contributed by atoms with Gasteiger partial charge in [-0.3, -0.25) is 4.79 Å². The summed E-state index contributed by atoms with van der Waals surface area (Å²) in [6.45, 7) is 1.32. The summed E-state index contributed by atoms with van der Waals surface area (Å²) >= 11 is 0. The average Bonchev–Trinajstić information content (AvgIpc) is 2.92. The van der Waals surface area contributed by atoms with E-state index in [1.54, 1.807) is 12.3 Å².